The Bertz CT molecular complexity index is 1110. The van der Waals surface area contributed by atoms with E-state index in [0.717, 1.165) is 23.2 Å². The molecule has 0 atom stereocenters. The molecule has 8 heteroatoms. The summed E-state index contributed by atoms with van der Waals surface area (Å²) >= 11 is 0. The number of benzene rings is 2. The number of nitrogens with one attached hydrogen (secondary N) is 2. The van der Waals surface area contributed by atoms with Crippen molar-refractivity contribution >= 4 is 28.4 Å². The molecule has 0 aliphatic carbocycles. The van der Waals surface area contributed by atoms with Crippen LogP contribution >= 0.6 is 0 Å². The molecule has 29 heavy (non-hydrogen) atoms. The van der Waals surface area contributed by atoms with Crippen molar-refractivity contribution in [3.8, 4) is 0 Å². The highest BCUT2D eigenvalue weighted by Crippen LogP contribution is 2.29. The van der Waals surface area contributed by atoms with Gasteiger partial charge in [0.25, 0.3) is 0 Å². The van der Waals surface area contributed by atoms with E-state index in [-0.39, 0.29) is 5.95 Å². The molecular weight excluding hydrogens is 379 g/mol. The molecule has 0 unspecified atom stereocenters. The number of alkyl halides is 3. The highest BCUT2D eigenvalue weighted by Gasteiger charge is 2.32. The smallest absolute Gasteiger partial charge is 0.365 e. The Kier molecular flexibility index (Phi) is 4.99. The molecule has 4 aromatic rings. The van der Waals surface area contributed by atoms with E-state index in [1.165, 1.54) is 6.07 Å². The third-order valence-electron chi connectivity index (χ3n) is 4.22. The quantitative estimate of drug-likeness (QED) is 0.474. The van der Waals surface area contributed by atoms with Crippen LogP contribution in [0.25, 0.3) is 10.9 Å². The van der Waals surface area contributed by atoms with Crippen molar-refractivity contribution in [3.05, 3.63) is 84.2 Å². The molecule has 0 spiro atoms. The third-order valence-corrected chi connectivity index (χ3v) is 4.22. The molecule has 0 bridgehead atoms. The van der Waals surface area contributed by atoms with Crippen molar-refractivity contribution in [1.82, 2.24) is 15.0 Å². The molecule has 0 saturated carbocycles. The second-order valence-corrected chi connectivity index (χ2v) is 6.31. The Morgan fingerprint density at radius 1 is 0.828 bits per heavy atom. The van der Waals surface area contributed by atoms with Crippen molar-refractivity contribution in [2.45, 2.75) is 12.7 Å². The van der Waals surface area contributed by atoms with Crippen molar-refractivity contribution in [2.75, 3.05) is 10.6 Å². The predicted octanol–water partition coefficient (Wildman–Crippen LogP) is 5.40. The summed E-state index contributed by atoms with van der Waals surface area (Å²) in [7, 11) is 0. The Labute approximate surface area is 164 Å². The number of aromatic nitrogens is 3. The normalized spacial score (nSPS) is 11.4. The lowest BCUT2D eigenvalue weighted by atomic mass is 10.2. The number of para-hydroxylation sites is 1. The molecule has 0 radical (unpaired) electrons. The molecule has 0 amide bonds. The molecule has 0 saturated heterocycles. The first kappa shape index (κ1) is 18.7. The number of nitrogens with zero attached hydrogens (tertiary/aromatic N) is 3. The number of hydrogen-bond acceptors (Lipinski definition) is 5. The van der Waals surface area contributed by atoms with Gasteiger partial charge >= 0.3 is 6.18 Å². The van der Waals surface area contributed by atoms with Gasteiger partial charge in [-0.15, -0.1) is 0 Å². The van der Waals surface area contributed by atoms with E-state index in [0.29, 0.717) is 23.6 Å². The van der Waals surface area contributed by atoms with Crippen LogP contribution in [0.15, 0.2) is 72.9 Å². The van der Waals surface area contributed by atoms with E-state index < -0.39 is 11.9 Å². The van der Waals surface area contributed by atoms with Crippen molar-refractivity contribution in [3.63, 3.8) is 0 Å². The van der Waals surface area contributed by atoms with Crippen molar-refractivity contribution in [1.29, 1.82) is 0 Å². The maximum absolute atomic E-state index is 12.7. The molecule has 5 nitrogen and oxygen atoms in total. The zero-order valence-electron chi connectivity index (χ0n) is 15.1. The third kappa shape index (κ3) is 4.43. The Balaban J connectivity index is 1.61. The minimum Gasteiger partial charge on any atom is -0.365 e. The molecule has 2 N–H and O–H groups in total. The molecule has 0 aliphatic rings. The number of rotatable bonds is 5. The fourth-order valence-electron chi connectivity index (χ4n) is 2.81. The van der Waals surface area contributed by atoms with Crippen LogP contribution < -0.4 is 10.6 Å². The zero-order valence-corrected chi connectivity index (χ0v) is 15.1. The highest BCUT2D eigenvalue weighted by atomic mass is 19.4. The molecule has 2 aromatic heterocycles. The highest BCUT2D eigenvalue weighted by molar-refractivity contribution is 5.90. The van der Waals surface area contributed by atoms with E-state index in [1.54, 1.807) is 0 Å². The van der Waals surface area contributed by atoms with E-state index in [9.17, 15) is 13.2 Å². The maximum Gasteiger partial charge on any atom is 0.433 e. The van der Waals surface area contributed by atoms with Crippen LogP contribution in [0.4, 0.5) is 30.6 Å². The van der Waals surface area contributed by atoms with Gasteiger partial charge in [0.1, 0.15) is 11.5 Å². The van der Waals surface area contributed by atoms with Gasteiger partial charge in [-0.3, -0.25) is 0 Å². The van der Waals surface area contributed by atoms with Gasteiger partial charge in [0.05, 0.1) is 17.4 Å². The summed E-state index contributed by atoms with van der Waals surface area (Å²) in [6.07, 6.45) is -3.37. The summed E-state index contributed by atoms with van der Waals surface area (Å²) in [5.74, 6) is 0.891. The molecule has 4 rings (SSSR count). The van der Waals surface area contributed by atoms with Crippen LogP contribution in [-0.2, 0) is 12.7 Å². The molecule has 2 heterocycles. The van der Waals surface area contributed by atoms with Gasteiger partial charge in [0.2, 0.25) is 5.95 Å². The van der Waals surface area contributed by atoms with Crippen LogP contribution in [0, 0.1) is 0 Å². The van der Waals surface area contributed by atoms with Gasteiger partial charge in [-0.2, -0.15) is 18.2 Å². The van der Waals surface area contributed by atoms with Gasteiger partial charge in [-0.05, 0) is 29.8 Å². The summed E-state index contributed by atoms with van der Waals surface area (Å²) in [4.78, 5) is 12.4. The minimum atomic E-state index is -4.48. The summed E-state index contributed by atoms with van der Waals surface area (Å²) in [6.45, 7) is 0.573. The summed E-state index contributed by atoms with van der Waals surface area (Å²) in [6, 6.07) is 19.6. The Hall–Kier alpha value is -3.68. The molecule has 2 aromatic carbocycles. The second-order valence-electron chi connectivity index (χ2n) is 6.31. The summed E-state index contributed by atoms with van der Waals surface area (Å²) in [5, 5.41) is 7.07. The average molecular weight is 395 g/mol. The fraction of sp³-hybridized carbons (Fsp3) is 0.0952. The standard InChI is InChI=1S/C21H16F3N5/c22-21(23,24)18-11-10-15(13-25-18)27-20-28-17-9-5-4-8-16(17)19(29-20)26-12-14-6-2-1-3-7-14/h1-11,13H,12H2,(H2,26,27,28,29). The number of pyridine rings is 1. The van der Waals surface area contributed by atoms with Crippen LogP contribution in [0.5, 0.6) is 0 Å². The topological polar surface area (TPSA) is 62.7 Å². The maximum atomic E-state index is 12.7. The van der Waals surface area contributed by atoms with Crippen LogP contribution in [-0.4, -0.2) is 15.0 Å². The average Bonchev–Trinajstić information content (AvgIpc) is 2.72. The predicted molar refractivity (Wildman–Crippen MR) is 106 cm³/mol. The van der Waals surface area contributed by atoms with E-state index in [2.05, 4.69) is 25.6 Å². The van der Waals surface area contributed by atoms with Gasteiger partial charge in [0.15, 0.2) is 0 Å². The van der Waals surface area contributed by atoms with Crippen LogP contribution in [0.1, 0.15) is 11.3 Å². The van der Waals surface area contributed by atoms with Crippen LogP contribution in [0.2, 0.25) is 0 Å². The lowest BCUT2D eigenvalue weighted by Crippen LogP contribution is -2.08. The number of fused-ring (bicyclic) bond motifs is 1. The van der Waals surface area contributed by atoms with Crippen molar-refractivity contribution < 1.29 is 13.2 Å². The first-order valence-corrected chi connectivity index (χ1v) is 8.84. The van der Waals surface area contributed by atoms with Gasteiger partial charge in [0, 0.05) is 11.9 Å². The Morgan fingerprint density at radius 2 is 1.59 bits per heavy atom. The molecule has 146 valence electrons. The summed E-state index contributed by atoms with van der Waals surface area (Å²) in [5.41, 5.74) is 1.21. The van der Waals surface area contributed by atoms with E-state index in [1.807, 2.05) is 54.6 Å². The molecule has 0 aliphatic heterocycles. The number of anilines is 3. The molecular formula is C21H16F3N5. The van der Waals surface area contributed by atoms with Gasteiger partial charge in [-0.25, -0.2) is 9.97 Å². The second kappa shape index (κ2) is 7.75. The summed E-state index contributed by atoms with van der Waals surface area (Å²) < 4.78 is 38.0. The monoisotopic (exact) mass is 395 g/mol. The first-order valence-electron chi connectivity index (χ1n) is 8.84. The van der Waals surface area contributed by atoms with Gasteiger partial charge < -0.3 is 10.6 Å². The minimum absolute atomic E-state index is 0.265. The van der Waals surface area contributed by atoms with Crippen molar-refractivity contribution in [2.24, 2.45) is 0 Å². The van der Waals surface area contributed by atoms with E-state index in [4.69, 9.17) is 0 Å². The fourth-order valence-corrected chi connectivity index (χ4v) is 2.81. The van der Waals surface area contributed by atoms with Crippen LogP contribution in [0.3, 0.4) is 0 Å². The SMILES string of the molecule is FC(F)(F)c1ccc(Nc2nc(NCc3ccccc3)c3ccccc3n2)cn1. The number of hydrogen-bond donors (Lipinski definition) is 2. The number of halogens is 3. The lowest BCUT2D eigenvalue weighted by molar-refractivity contribution is -0.141. The van der Waals surface area contributed by atoms with Gasteiger partial charge in [-0.1, -0.05) is 42.5 Å². The first-order chi connectivity index (χ1) is 14.0. The Morgan fingerprint density at radius 3 is 2.31 bits per heavy atom. The zero-order chi connectivity index (χ0) is 20.3. The largest absolute Gasteiger partial charge is 0.433 e. The molecule has 0 fully saturated rings. The lowest BCUT2D eigenvalue weighted by Gasteiger charge is -2.12. The van der Waals surface area contributed by atoms with E-state index >= 15 is 0 Å².